The van der Waals surface area contributed by atoms with Crippen LogP contribution in [0.2, 0.25) is 0 Å². The van der Waals surface area contributed by atoms with Crippen LogP contribution in [0.4, 0.5) is 5.69 Å². The van der Waals surface area contributed by atoms with Crippen molar-refractivity contribution in [1.29, 1.82) is 0 Å². The van der Waals surface area contributed by atoms with E-state index in [1.165, 1.54) is 11.3 Å². The van der Waals surface area contributed by atoms with Gasteiger partial charge in [-0.15, -0.1) is 11.3 Å². The number of carbonyl (C=O) groups is 1. The Morgan fingerprint density at radius 2 is 2.05 bits per heavy atom. The second-order valence-electron chi connectivity index (χ2n) is 4.67. The number of para-hydroxylation sites is 1. The SMILES string of the molecule is Cc1ccccc1NC(=O)c1cc(C)c(C#CCCO)s1. The monoisotopic (exact) mass is 299 g/mol. The first-order valence-corrected chi connectivity index (χ1v) is 7.50. The number of benzene rings is 1. The van der Waals surface area contributed by atoms with Crippen LogP contribution in [0.15, 0.2) is 30.3 Å². The first-order valence-electron chi connectivity index (χ1n) is 6.69. The van der Waals surface area contributed by atoms with E-state index in [1.54, 1.807) is 0 Å². The lowest BCUT2D eigenvalue weighted by Gasteiger charge is -2.06. The number of amides is 1. The molecule has 4 heteroatoms. The summed E-state index contributed by atoms with van der Waals surface area (Å²) in [5.41, 5.74) is 2.84. The molecule has 0 bridgehead atoms. The second kappa shape index (κ2) is 7.07. The van der Waals surface area contributed by atoms with E-state index in [9.17, 15) is 4.79 Å². The zero-order valence-electron chi connectivity index (χ0n) is 12.1. The van der Waals surface area contributed by atoms with Gasteiger partial charge in [-0.3, -0.25) is 4.79 Å². The molecule has 0 aliphatic heterocycles. The maximum Gasteiger partial charge on any atom is 0.265 e. The minimum atomic E-state index is -0.118. The summed E-state index contributed by atoms with van der Waals surface area (Å²) in [5, 5.41) is 11.7. The number of hydrogen-bond donors (Lipinski definition) is 2. The molecule has 0 aliphatic carbocycles. The van der Waals surface area contributed by atoms with Crippen LogP contribution >= 0.6 is 11.3 Å². The van der Waals surface area contributed by atoms with E-state index in [-0.39, 0.29) is 12.5 Å². The Morgan fingerprint density at radius 1 is 1.29 bits per heavy atom. The summed E-state index contributed by atoms with van der Waals surface area (Å²) >= 11 is 1.38. The third kappa shape index (κ3) is 3.94. The Bertz CT molecular complexity index is 707. The number of aliphatic hydroxyl groups excluding tert-OH is 1. The lowest BCUT2D eigenvalue weighted by molar-refractivity contribution is 0.103. The molecule has 21 heavy (non-hydrogen) atoms. The number of rotatable bonds is 3. The van der Waals surface area contributed by atoms with Crippen molar-refractivity contribution < 1.29 is 9.90 Å². The van der Waals surface area contributed by atoms with E-state index in [0.717, 1.165) is 21.7 Å². The minimum Gasteiger partial charge on any atom is -0.395 e. The molecule has 0 saturated heterocycles. The van der Waals surface area contributed by atoms with Crippen LogP contribution in [-0.2, 0) is 0 Å². The van der Waals surface area contributed by atoms with Crippen molar-refractivity contribution in [3.8, 4) is 11.8 Å². The zero-order chi connectivity index (χ0) is 15.2. The molecule has 0 atom stereocenters. The van der Waals surface area contributed by atoms with Crippen molar-refractivity contribution in [3.05, 3.63) is 51.2 Å². The molecule has 1 aromatic heterocycles. The third-order valence-corrected chi connectivity index (χ3v) is 4.12. The molecule has 2 N–H and O–H groups in total. The standard InChI is InChI=1S/C17H17NO2S/c1-12-7-3-4-8-14(12)18-17(20)16-11-13(2)15(21-16)9-5-6-10-19/h3-4,7-8,11,19H,6,10H2,1-2H3,(H,18,20). The van der Waals surface area contributed by atoms with Gasteiger partial charge in [-0.05, 0) is 37.1 Å². The van der Waals surface area contributed by atoms with Gasteiger partial charge in [0.25, 0.3) is 5.91 Å². The number of carbonyl (C=O) groups excluding carboxylic acids is 1. The molecule has 2 aromatic rings. The van der Waals surface area contributed by atoms with E-state index in [0.29, 0.717) is 11.3 Å². The summed E-state index contributed by atoms with van der Waals surface area (Å²) in [6, 6.07) is 9.53. The molecular weight excluding hydrogens is 282 g/mol. The van der Waals surface area contributed by atoms with E-state index >= 15 is 0 Å². The van der Waals surface area contributed by atoms with Gasteiger partial charge in [-0.25, -0.2) is 0 Å². The Balaban J connectivity index is 2.16. The molecule has 0 fully saturated rings. The zero-order valence-corrected chi connectivity index (χ0v) is 12.9. The topological polar surface area (TPSA) is 49.3 Å². The summed E-state index contributed by atoms with van der Waals surface area (Å²) in [5.74, 6) is 5.76. The predicted molar refractivity (Wildman–Crippen MR) is 86.8 cm³/mol. The molecule has 0 unspecified atom stereocenters. The van der Waals surface area contributed by atoms with Gasteiger partial charge in [-0.1, -0.05) is 30.0 Å². The normalized spacial score (nSPS) is 9.86. The van der Waals surface area contributed by atoms with Crippen molar-refractivity contribution in [2.24, 2.45) is 0 Å². The largest absolute Gasteiger partial charge is 0.395 e. The van der Waals surface area contributed by atoms with E-state index in [2.05, 4.69) is 17.2 Å². The molecule has 0 saturated carbocycles. The van der Waals surface area contributed by atoms with Crippen LogP contribution in [0, 0.1) is 25.7 Å². The summed E-state index contributed by atoms with van der Waals surface area (Å²) in [4.78, 5) is 13.8. The summed E-state index contributed by atoms with van der Waals surface area (Å²) < 4.78 is 0. The molecule has 2 rings (SSSR count). The van der Waals surface area contributed by atoms with Gasteiger partial charge in [0.2, 0.25) is 0 Å². The molecule has 108 valence electrons. The molecule has 1 amide bonds. The van der Waals surface area contributed by atoms with Crippen molar-refractivity contribution in [2.75, 3.05) is 11.9 Å². The highest BCUT2D eigenvalue weighted by Gasteiger charge is 2.12. The first-order chi connectivity index (χ1) is 10.1. The Labute approximate surface area is 128 Å². The van der Waals surface area contributed by atoms with Crippen LogP contribution in [-0.4, -0.2) is 17.6 Å². The fourth-order valence-corrected chi connectivity index (χ4v) is 2.76. The summed E-state index contributed by atoms with van der Waals surface area (Å²) in [6.07, 6.45) is 0.447. The number of aliphatic hydroxyl groups is 1. The van der Waals surface area contributed by atoms with Gasteiger partial charge in [0, 0.05) is 12.1 Å². The molecule has 3 nitrogen and oxygen atoms in total. The smallest absolute Gasteiger partial charge is 0.265 e. The van der Waals surface area contributed by atoms with Crippen molar-refractivity contribution in [1.82, 2.24) is 0 Å². The van der Waals surface area contributed by atoms with Crippen LogP contribution in [0.25, 0.3) is 0 Å². The minimum absolute atomic E-state index is 0.0536. The van der Waals surface area contributed by atoms with Crippen molar-refractivity contribution in [3.63, 3.8) is 0 Å². The summed E-state index contributed by atoms with van der Waals surface area (Å²) in [7, 11) is 0. The molecule has 0 spiro atoms. The first kappa shape index (κ1) is 15.3. The number of anilines is 1. The van der Waals surface area contributed by atoms with Crippen molar-refractivity contribution >= 4 is 22.9 Å². The van der Waals surface area contributed by atoms with Crippen LogP contribution < -0.4 is 5.32 Å². The second-order valence-corrected chi connectivity index (χ2v) is 5.72. The van der Waals surface area contributed by atoms with Crippen molar-refractivity contribution in [2.45, 2.75) is 20.3 Å². The fraction of sp³-hybridized carbons (Fsp3) is 0.235. The van der Waals surface area contributed by atoms with Gasteiger partial charge < -0.3 is 10.4 Å². The molecule has 1 aromatic carbocycles. The Hall–Kier alpha value is -2.09. The average Bonchev–Trinajstić information content (AvgIpc) is 2.83. The molecule has 0 aliphatic rings. The highest BCUT2D eigenvalue weighted by atomic mass is 32.1. The highest BCUT2D eigenvalue weighted by Crippen LogP contribution is 2.23. The fourth-order valence-electron chi connectivity index (χ4n) is 1.81. The van der Waals surface area contributed by atoms with Crippen LogP contribution in [0.1, 0.15) is 32.1 Å². The maximum atomic E-state index is 12.3. The lowest BCUT2D eigenvalue weighted by Crippen LogP contribution is -2.10. The predicted octanol–water partition coefficient (Wildman–Crippen LogP) is 3.35. The van der Waals surface area contributed by atoms with E-state index in [1.807, 2.05) is 44.2 Å². The Kier molecular flexibility index (Phi) is 5.15. The molecular formula is C17H17NO2S. The Morgan fingerprint density at radius 3 is 2.76 bits per heavy atom. The van der Waals surface area contributed by atoms with Crippen LogP contribution in [0.5, 0.6) is 0 Å². The van der Waals surface area contributed by atoms with Gasteiger partial charge in [-0.2, -0.15) is 0 Å². The average molecular weight is 299 g/mol. The van der Waals surface area contributed by atoms with Gasteiger partial charge in [0.1, 0.15) is 0 Å². The van der Waals surface area contributed by atoms with E-state index < -0.39 is 0 Å². The maximum absolute atomic E-state index is 12.3. The lowest BCUT2D eigenvalue weighted by atomic mass is 10.2. The highest BCUT2D eigenvalue weighted by molar-refractivity contribution is 7.14. The molecule has 1 heterocycles. The number of aryl methyl sites for hydroxylation is 2. The number of nitrogens with one attached hydrogen (secondary N) is 1. The molecule has 0 radical (unpaired) electrons. The van der Waals surface area contributed by atoms with E-state index in [4.69, 9.17) is 5.11 Å². The quantitative estimate of drug-likeness (QED) is 0.854. The third-order valence-electron chi connectivity index (χ3n) is 2.97. The van der Waals surface area contributed by atoms with Gasteiger partial charge >= 0.3 is 0 Å². The number of hydrogen-bond acceptors (Lipinski definition) is 3. The summed E-state index contributed by atoms with van der Waals surface area (Å²) in [6.45, 7) is 3.95. The number of thiophene rings is 1. The van der Waals surface area contributed by atoms with Gasteiger partial charge in [0.15, 0.2) is 0 Å². The van der Waals surface area contributed by atoms with Crippen LogP contribution in [0.3, 0.4) is 0 Å². The van der Waals surface area contributed by atoms with Gasteiger partial charge in [0.05, 0.1) is 16.4 Å².